The minimum atomic E-state index is -0.117. The van der Waals surface area contributed by atoms with Gasteiger partial charge >= 0.3 is 0 Å². The second-order valence-corrected chi connectivity index (χ2v) is 6.01. The number of carbonyl (C=O) groups excluding carboxylic acids is 1. The number of carbonyl (C=O) groups is 1. The summed E-state index contributed by atoms with van der Waals surface area (Å²) in [5.41, 5.74) is 3.24. The normalized spacial score (nSPS) is 13.6. The van der Waals surface area contributed by atoms with Crippen molar-refractivity contribution in [3.8, 4) is 11.5 Å². The highest BCUT2D eigenvalue weighted by Gasteiger charge is 2.28. The average Bonchev–Trinajstić information content (AvgIpc) is 3.13. The van der Waals surface area contributed by atoms with Crippen LogP contribution in [0.5, 0.6) is 11.5 Å². The molecule has 6 nitrogen and oxygen atoms in total. The maximum Gasteiger partial charge on any atom is 0.277 e. The summed E-state index contributed by atoms with van der Waals surface area (Å²) in [6.07, 6.45) is 5.35. The molecule has 128 valence electrons. The molecule has 0 N–H and O–H groups in total. The summed E-state index contributed by atoms with van der Waals surface area (Å²) < 4.78 is 12.8. The summed E-state index contributed by atoms with van der Waals surface area (Å²) in [5.74, 6) is 1.26. The van der Waals surface area contributed by atoms with Crippen LogP contribution in [0.2, 0.25) is 0 Å². The third-order valence-electron chi connectivity index (χ3n) is 4.56. The van der Waals surface area contributed by atoms with Gasteiger partial charge in [-0.3, -0.25) is 4.79 Å². The number of benzene rings is 1. The van der Waals surface area contributed by atoms with Crippen molar-refractivity contribution in [2.75, 3.05) is 25.7 Å². The first-order chi connectivity index (χ1) is 12.2. The van der Waals surface area contributed by atoms with E-state index < -0.39 is 0 Å². The van der Waals surface area contributed by atoms with Gasteiger partial charge in [-0.15, -0.1) is 0 Å². The lowest BCUT2D eigenvalue weighted by molar-refractivity contribution is 0.0979. The van der Waals surface area contributed by atoms with Crippen LogP contribution in [0.1, 0.15) is 22.5 Å². The third-order valence-corrected chi connectivity index (χ3v) is 4.56. The summed E-state index contributed by atoms with van der Waals surface area (Å²) in [4.78, 5) is 19.2. The van der Waals surface area contributed by atoms with Crippen LogP contribution in [0.25, 0.3) is 5.52 Å². The standard InChI is InChI=1S/C19H19N3O3/c1-24-15-9-13-5-3-8-22(18(13)17(11-15)25-2)19(23)16-10-14-6-4-7-21(14)12-20-16/h4,6-7,9-12H,3,5,8H2,1-2H3. The van der Waals surface area contributed by atoms with Crippen LogP contribution in [0.3, 0.4) is 0 Å². The Morgan fingerprint density at radius 2 is 2.08 bits per heavy atom. The fourth-order valence-electron chi connectivity index (χ4n) is 3.34. The number of anilines is 1. The van der Waals surface area contributed by atoms with Crippen LogP contribution in [0.15, 0.2) is 42.9 Å². The highest BCUT2D eigenvalue weighted by atomic mass is 16.5. The van der Waals surface area contributed by atoms with Gasteiger partial charge in [-0.2, -0.15) is 0 Å². The zero-order valence-electron chi connectivity index (χ0n) is 14.2. The van der Waals surface area contributed by atoms with E-state index in [2.05, 4.69) is 4.98 Å². The predicted octanol–water partition coefficient (Wildman–Crippen LogP) is 2.94. The highest BCUT2D eigenvalue weighted by molar-refractivity contribution is 6.07. The van der Waals surface area contributed by atoms with Gasteiger partial charge in [0.25, 0.3) is 5.91 Å². The van der Waals surface area contributed by atoms with Crippen molar-refractivity contribution in [3.63, 3.8) is 0 Å². The van der Waals surface area contributed by atoms with E-state index in [9.17, 15) is 4.79 Å². The second-order valence-electron chi connectivity index (χ2n) is 6.01. The van der Waals surface area contributed by atoms with E-state index >= 15 is 0 Å². The van der Waals surface area contributed by atoms with Gasteiger partial charge in [-0.1, -0.05) is 0 Å². The molecule has 25 heavy (non-hydrogen) atoms. The Balaban J connectivity index is 1.78. The Hall–Kier alpha value is -3.02. The molecular formula is C19H19N3O3. The SMILES string of the molecule is COc1cc2c(c(OC)c1)N(C(=O)c1cc3cccn3cn1)CCC2. The molecule has 0 aliphatic carbocycles. The van der Waals surface area contributed by atoms with E-state index in [1.165, 1.54) is 0 Å². The Morgan fingerprint density at radius 1 is 1.20 bits per heavy atom. The minimum Gasteiger partial charge on any atom is -0.497 e. The largest absolute Gasteiger partial charge is 0.497 e. The highest BCUT2D eigenvalue weighted by Crippen LogP contribution is 2.40. The quantitative estimate of drug-likeness (QED) is 0.737. The molecular weight excluding hydrogens is 318 g/mol. The van der Waals surface area contributed by atoms with E-state index in [0.29, 0.717) is 18.0 Å². The number of hydrogen-bond donors (Lipinski definition) is 0. The van der Waals surface area contributed by atoms with E-state index in [1.807, 2.05) is 40.9 Å². The van der Waals surface area contributed by atoms with Gasteiger partial charge in [0.1, 0.15) is 17.2 Å². The van der Waals surface area contributed by atoms with Crippen LogP contribution < -0.4 is 14.4 Å². The van der Waals surface area contributed by atoms with E-state index in [1.54, 1.807) is 25.4 Å². The van der Waals surface area contributed by atoms with Crippen molar-refractivity contribution >= 4 is 17.1 Å². The molecule has 0 bridgehead atoms. The number of rotatable bonds is 3. The van der Waals surface area contributed by atoms with Gasteiger partial charge in [-0.25, -0.2) is 4.98 Å². The number of aryl methyl sites for hydroxylation is 1. The van der Waals surface area contributed by atoms with Crippen LogP contribution >= 0.6 is 0 Å². The zero-order chi connectivity index (χ0) is 17.4. The molecule has 0 atom stereocenters. The molecule has 3 heterocycles. The monoisotopic (exact) mass is 337 g/mol. The molecule has 0 saturated carbocycles. The fraction of sp³-hybridized carbons (Fsp3) is 0.263. The molecule has 6 heteroatoms. The molecule has 4 rings (SSSR count). The Labute approximate surface area is 145 Å². The van der Waals surface area contributed by atoms with Crippen molar-refractivity contribution in [2.45, 2.75) is 12.8 Å². The summed E-state index contributed by atoms with van der Waals surface area (Å²) in [6, 6.07) is 9.48. The average molecular weight is 337 g/mol. The smallest absolute Gasteiger partial charge is 0.277 e. The molecule has 0 saturated heterocycles. The van der Waals surface area contributed by atoms with Crippen LogP contribution in [-0.2, 0) is 6.42 Å². The Kier molecular flexibility index (Phi) is 3.80. The summed E-state index contributed by atoms with van der Waals surface area (Å²) in [7, 11) is 3.24. The van der Waals surface area contributed by atoms with Crippen molar-refractivity contribution in [2.24, 2.45) is 0 Å². The van der Waals surface area contributed by atoms with Gasteiger partial charge in [-0.05, 0) is 42.7 Å². The molecule has 0 spiro atoms. The minimum absolute atomic E-state index is 0.117. The molecule has 0 unspecified atom stereocenters. The number of aromatic nitrogens is 2. The van der Waals surface area contributed by atoms with Gasteiger partial charge < -0.3 is 18.8 Å². The number of methoxy groups -OCH3 is 2. The van der Waals surface area contributed by atoms with Gasteiger partial charge in [0.2, 0.25) is 0 Å². The van der Waals surface area contributed by atoms with Crippen LogP contribution in [-0.4, -0.2) is 36.1 Å². The second kappa shape index (κ2) is 6.12. The zero-order valence-corrected chi connectivity index (χ0v) is 14.2. The molecule has 0 fully saturated rings. The van der Waals surface area contributed by atoms with Crippen LogP contribution in [0, 0.1) is 0 Å². The van der Waals surface area contributed by atoms with Gasteiger partial charge in [0.15, 0.2) is 0 Å². The first-order valence-electron chi connectivity index (χ1n) is 8.21. The number of hydrogen-bond acceptors (Lipinski definition) is 4. The lowest BCUT2D eigenvalue weighted by Crippen LogP contribution is -2.36. The topological polar surface area (TPSA) is 56.1 Å². The van der Waals surface area contributed by atoms with Gasteiger partial charge in [0, 0.05) is 24.3 Å². The predicted molar refractivity (Wildman–Crippen MR) is 94.7 cm³/mol. The van der Waals surface area contributed by atoms with Crippen molar-refractivity contribution < 1.29 is 14.3 Å². The molecule has 1 amide bonds. The maximum atomic E-state index is 13.1. The summed E-state index contributed by atoms with van der Waals surface area (Å²) in [5, 5.41) is 0. The molecule has 0 radical (unpaired) electrons. The lowest BCUT2D eigenvalue weighted by atomic mass is 10.00. The molecule has 1 aromatic carbocycles. The van der Waals surface area contributed by atoms with Crippen molar-refractivity contribution in [1.82, 2.24) is 9.38 Å². The maximum absolute atomic E-state index is 13.1. The molecule has 2 aromatic heterocycles. The number of fused-ring (bicyclic) bond motifs is 2. The summed E-state index contributed by atoms with van der Waals surface area (Å²) in [6.45, 7) is 0.641. The Morgan fingerprint density at radius 3 is 2.88 bits per heavy atom. The lowest BCUT2D eigenvalue weighted by Gasteiger charge is -2.31. The fourth-order valence-corrected chi connectivity index (χ4v) is 3.34. The Bertz CT molecular complexity index is 931. The third kappa shape index (κ3) is 2.59. The van der Waals surface area contributed by atoms with E-state index in [0.717, 1.165) is 35.4 Å². The van der Waals surface area contributed by atoms with E-state index in [-0.39, 0.29) is 5.91 Å². The summed E-state index contributed by atoms with van der Waals surface area (Å²) >= 11 is 0. The number of nitrogens with zero attached hydrogens (tertiary/aromatic N) is 3. The molecule has 1 aliphatic heterocycles. The first-order valence-corrected chi connectivity index (χ1v) is 8.21. The van der Waals surface area contributed by atoms with E-state index in [4.69, 9.17) is 9.47 Å². The first kappa shape index (κ1) is 15.5. The van der Waals surface area contributed by atoms with Crippen LogP contribution in [0.4, 0.5) is 5.69 Å². The van der Waals surface area contributed by atoms with Gasteiger partial charge in [0.05, 0.1) is 26.2 Å². The molecule has 1 aliphatic rings. The van der Waals surface area contributed by atoms with Crippen molar-refractivity contribution in [1.29, 1.82) is 0 Å². The number of ether oxygens (including phenoxy) is 2. The number of amides is 1. The van der Waals surface area contributed by atoms with Crippen molar-refractivity contribution in [3.05, 3.63) is 54.1 Å². The molecule has 3 aromatic rings.